The Morgan fingerprint density at radius 1 is 1.39 bits per heavy atom. The predicted octanol–water partition coefficient (Wildman–Crippen LogP) is 3.90. The van der Waals surface area contributed by atoms with Crippen molar-refractivity contribution in [2.75, 3.05) is 6.26 Å². The van der Waals surface area contributed by atoms with E-state index in [1.165, 1.54) is 24.2 Å². The molecule has 2 aliphatic heterocycles. The minimum atomic E-state index is 0.193. The number of hydrogen-bond acceptors (Lipinski definition) is 3. The van der Waals surface area contributed by atoms with Gasteiger partial charge in [0.05, 0.1) is 9.21 Å². The van der Waals surface area contributed by atoms with E-state index >= 15 is 0 Å². The number of carbonyl (C=O) groups excluding carboxylic acids is 1. The van der Waals surface area contributed by atoms with Gasteiger partial charge in [0.1, 0.15) is 0 Å². The summed E-state index contributed by atoms with van der Waals surface area (Å²) in [5.41, 5.74) is 0. The lowest BCUT2D eigenvalue weighted by molar-refractivity contribution is 0.0607. The second-order valence-corrected chi connectivity index (χ2v) is 7.88. The van der Waals surface area contributed by atoms with E-state index in [1.54, 1.807) is 0 Å². The number of nitrogens with zero attached hydrogens (tertiary/aromatic N) is 1. The first-order valence-corrected chi connectivity index (χ1v) is 8.78. The maximum Gasteiger partial charge on any atom is 0.264 e. The summed E-state index contributed by atoms with van der Waals surface area (Å²) in [4.78, 5) is 15.5. The lowest BCUT2D eigenvalue weighted by Gasteiger charge is -2.38. The molecule has 0 N–H and O–H groups in total. The van der Waals surface area contributed by atoms with Crippen molar-refractivity contribution in [1.29, 1.82) is 0 Å². The summed E-state index contributed by atoms with van der Waals surface area (Å²) in [7, 11) is 0. The Morgan fingerprint density at radius 3 is 2.56 bits per heavy atom. The molecule has 18 heavy (non-hydrogen) atoms. The standard InChI is InChI=1S/C13H16ClNOS2/c1-17-10-6-8-2-3-9(7-10)15(8)13(16)11-4-5-12(14)18-11/h4-5,8-10H,2-3,6-7H2,1H3. The van der Waals surface area contributed by atoms with Crippen LogP contribution in [0.2, 0.25) is 4.34 Å². The number of rotatable bonds is 2. The maximum atomic E-state index is 12.5. The summed E-state index contributed by atoms with van der Waals surface area (Å²) < 4.78 is 0.699. The number of carbonyl (C=O) groups is 1. The number of thioether (sulfide) groups is 1. The topological polar surface area (TPSA) is 20.3 Å². The maximum absolute atomic E-state index is 12.5. The van der Waals surface area contributed by atoms with Crippen molar-refractivity contribution in [2.24, 2.45) is 0 Å². The SMILES string of the molecule is CSC1CC2CCC(C1)N2C(=O)c1ccc(Cl)s1. The van der Waals surface area contributed by atoms with Crippen LogP contribution in [0.4, 0.5) is 0 Å². The molecule has 5 heteroatoms. The first kappa shape index (κ1) is 12.8. The molecule has 2 atom stereocenters. The summed E-state index contributed by atoms with van der Waals surface area (Å²) in [6.07, 6.45) is 6.84. The van der Waals surface area contributed by atoms with Crippen LogP contribution in [-0.2, 0) is 0 Å². The Balaban J connectivity index is 1.80. The molecular formula is C13H16ClNOS2. The first-order valence-electron chi connectivity index (χ1n) is 6.30. The van der Waals surface area contributed by atoms with Crippen LogP contribution in [0.3, 0.4) is 0 Å². The summed E-state index contributed by atoms with van der Waals surface area (Å²) in [5.74, 6) is 0.193. The second kappa shape index (κ2) is 5.06. The van der Waals surface area contributed by atoms with Crippen molar-refractivity contribution >= 4 is 40.6 Å². The minimum Gasteiger partial charge on any atom is -0.332 e. The third-order valence-electron chi connectivity index (χ3n) is 4.04. The van der Waals surface area contributed by atoms with Gasteiger partial charge in [0.15, 0.2) is 0 Å². The van der Waals surface area contributed by atoms with Crippen molar-refractivity contribution < 1.29 is 4.79 Å². The quantitative estimate of drug-likeness (QED) is 0.826. The van der Waals surface area contributed by atoms with Crippen LogP contribution in [0.5, 0.6) is 0 Å². The number of amides is 1. The number of piperidine rings is 1. The highest BCUT2D eigenvalue weighted by atomic mass is 35.5. The van der Waals surface area contributed by atoms with Crippen LogP contribution < -0.4 is 0 Å². The first-order chi connectivity index (χ1) is 8.69. The van der Waals surface area contributed by atoms with Gasteiger partial charge in [-0.2, -0.15) is 11.8 Å². The Morgan fingerprint density at radius 2 is 2.06 bits per heavy atom. The van der Waals surface area contributed by atoms with E-state index < -0.39 is 0 Å². The van der Waals surface area contributed by atoms with Gasteiger partial charge in [-0.1, -0.05) is 11.6 Å². The molecule has 0 aromatic carbocycles. The molecule has 3 rings (SSSR count). The summed E-state index contributed by atoms with van der Waals surface area (Å²) >= 11 is 9.27. The van der Waals surface area contributed by atoms with Gasteiger partial charge in [0.25, 0.3) is 5.91 Å². The lowest BCUT2D eigenvalue weighted by Crippen LogP contribution is -2.47. The molecule has 1 amide bonds. The molecule has 2 aliphatic rings. The zero-order valence-electron chi connectivity index (χ0n) is 10.3. The van der Waals surface area contributed by atoms with Crippen molar-refractivity contribution in [3.05, 3.63) is 21.3 Å². The van der Waals surface area contributed by atoms with Gasteiger partial charge in [-0.25, -0.2) is 0 Å². The Kier molecular flexibility index (Phi) is 3.61. The number of thiophene rings is 1. The third kappa shape index (κ3) is 2.19. The van der Waals surface area contributed by atoms with Gasteiger partial charge < -0.3 is 4.90 Å². The van der Waals surface area contributed by atoms with Crippen LogP contribution in [0, 0.1) is 0 Å². The highest BCUT2D eigenvalue weighted by Crippen LogP contribution is 2.40. The highest BCUT2D eigenvalue weighted by Gasteiger charge is 2.43. The fourth-order valence-corrected chi connectivity index (χ4v) is 5.02. The van der Waals surface area contributed by atoms with E-state index in [0.717, 1.165) is 23.0 Å². The molecule has 2 fully saturated rings. The Labute approximate surface area is 121 Å². The zero-order chi connectivity index (χ0) is 12.7. The second-order valence-electron chi connectivity index (χ2n) is 5.03. The minimum absolute atomic E-state index is 0.193. The van der Waals surface area contributed by atoms with E-state index in [-0.39, 0.29) is 5.91 Å². The van der Waals surface area contributed by atoms with E-state index in [0.29, 0.717) is 16.4 Å². The van der Waals surface area contributed by atoms with Gasteiger partial charge >= 0.3 is 0 Å². The van der Waals surface area contributed by atoms with Gasteiger partial charge in [0, 0.05) is 17.3 Å². The van der Waals surface area contributed by atoms with Crippen LogP contribution >= 0.6 is 34.7 Å². The van der Waals surface area contributed by atoms with E-state index in [9.17, 15) is 4.79 Å². The van der Waals surface area contributed by atoms with Crippen LogP contribution in [0.1, 0.15) is 35.4 Å². The average molecular weight is 302 g/mol. The monoisotopic (exact) mass is 301 g/mol. The van der Waals surface area contributed by atoms with Gasteiger partial charge in [0.2, 0.25) is 0 Å². The zero-order valence-corrected chi connectivity index (χ0v) is 12.7. The third-order valence-corrected chi connectivity index (χ3v) is 6.31. The van der Waals surface area contributed by atoms with Crippen molar-refractivity contribution in [1.82, 2.24) is 4.90 Å². The molecule has 0 radical (unpaired) electrons. The molecule has 3 heterocycles. The summed E-state index contributed by atoms with van der Waals surface area (Å²) in [6.45, 7) is 0. The fourth-order valence-electron chi connectivity index (χ4n) is 3.21. The Hall–Kier alpha value is -0.190. The fraction of sp³-hybridized carbons (Fsp3) is 0.615. The van der Waals surface area contributed by atoms with Crippen LogP contribution in [0.25, 0.3) is 0 Å². The lowest BCUT2D eigenvalue weighted by atomic mass is 10.0. The molecule has 1 aromatic rings. The summed E-state index contributed by atoms with van der Waals surface area (Å²) in [6, 6.07) is 4.58. The van der Waals surface area contributed by atoms with Crippen molar-refractivity contribution in [2.45, 2.75) is 43.0 Å². The molecule has 0 aliphatic carbocycles. The smallest absolute Gasteiger partial charge is 0.264 e. The van der Waals surface area contributed by atoms with Crippen molar-refractivity contribution in [3.63, 3.8) is 0 Å². The molecule has 0 saturated carbocycles. The van der Waals surface area contributed by atoms with Gasteiger partial charge in [-0.15, -0.1) is 11.3 Å². The molecule has 2 nitrogen and oxygen atoms in total. The van der Waals surface area contributed by atoms with Crippen molar-refractivity contribution in [3.8, 4) is 0 Å². The van der Waals surface area contributed by atoms with Gasteiger partial charge in [-0.05, 0) is 44.1 Å². The largest absolute Gasteiger partial charge is 0.332 e. The normalized spacial score (nSPS) is 30.8. The average Bonchev–Trinajstić information content (AvgIpc) is 2.90. The van der Waals surface area contributed by atoms with E-state index in [4.69, 9.17) is 11.6 Å². The summed E-state index contributed by atoms with van der Waals surface area (Å²) in [5, 5.41) is 0.735. The molecule has 2 saturated heterocycles. The predicted molar refractivity (Wildman–Crippen MR) is 78.8 cm³/mol. The molecule has 2 unspecified atom stereocenters. The van der Waals surface area contributed by atoms with Gasteiger partial charge in [-0.3, -0.25) is 4.79 Å². The van der Waals surface area contributed by atoms with E-state index in [2.05, 4.69) is 11.2 Å². The van der Waals surface area contributed by atoms with E-state index in [1.807, 2.05) is 23.9 Å². The molecule has 98 valence electrons. The van der Waals surface area contributed by atoms with Crippen LogP contribution in [-0.4, -0.2) is 34.4 Å². The van der Waals surface area contributed by atoms with Crippen LogP contribution in [0.15, 0.2) is 12.1 Å². The Bertz CT molecular complexity index is 448. The molecule has 1 aromatic heterocycles. The molecular weight excluding hydrogens is 286 g/mol. The highest BCUT2D eigenvalue weighted by molar-refractivity contribution is 7.99. The molecule has 2 bridgehead atoms. The number of fused-ring (bicyclic) bond motifs is 2. The number of hydrogen-bond donors (Lipinski definition) is 0. The number of halogens is 1. The molecule has 0 spiro atoms.